The molecule has 1 heterocycles. The molecule has 0 fully saturated rings. The van der Waals surface area contributed by atoms with E-state index in [1.54, 1.807) is 0 Å². The van der Waals surface area contributed by atoms with Crippen molar-refractivity contribution in [3.05, 3.63) is 70.9 Å². The molecule has 0 radical (unpaired) electrons. The van der Waals surface area contributed by atoms with E-state index in [9.17, 15) is 0 Å². The number of hydrogen-bond acceptors (Lipinski definition) is 4. The van der Waals surface area contributed by atoms with Gasteiger partial charge in [0.25, 0.3) is 0 Å². The first-order chi connectivity index (χ1) is 12.0. The average Bonchev–Trinajstić information content (AvgIpc) is 2.60. The lowest BCUT2D eigenvalue weighted by Gasteiger charge is -2.23. The second-order valence-electron chi connectivity index (χ2n) is 6.37. The van der Waals surface area contributed by atoms with Gasteiger partial charge in [0.15, 0.2) is 0 Å². The maximum absolute atomic E-state index is 4.79. The Kier molecular flexibility index (Phi) is 6.22. The van der Waals surface area contributed by atoms with Crippen molar-refractivity contribution < 1.29 is 0 Å². The molecule has 0 aliphatic carbocycles. The van der Waals surface area contributed by atoms with E-state index in [4.69, 9.17) is 4.98 Å². The van der Waals surface area contributed by atoms with Gasteiger partial charge >= 0.3 is 0 Å². The minimum absolute atomic E-state index is 0. The second kappa shape index (κ2) is 8.19. The Morgan fingerprint density at radius 2 is 1.42 bits per heavy atom. The van der Waals surface area contributed by atoms with Gasteiger partial charge in [-0.2, -0.15) is 4.98 Å². The maximum atomic E-state index is 4.79. The van der Waals surface area contributed by atoms with Gasteiger partial charge in [0, 0.05) is 29.7 Å². The summed E-state index contributed by atoms with van der Waals surface area (Å²) in [7, 11) is 2.05. The Morgan fingerprint density at radius 3 is 2.08 bits per heavy atom. The van der Waals surface area contributed by atoms with Crippen LogP contribution in [0.15, 0.2) is 48.5 Å². The van der Waals surface area contributed by atoms with E-state index in [2.05, 4.69) is 73.4 Å². The van der Waals surface area contributed by atoms with E-state index < -0.39 is 0 Å². The highest BCUT2D eigenvalue weighted by Gasteiger charge is 2.15. The van der Waals surface area contributed by atoms with Crippen LogP contribution in [0.3, 0.4) is 0 Å². The number of aryl methyl sites for hydroxylation is 3. The molecule has 0 aliphatic rings. The molecule has 5 heteroatoms. The van der Waals surface area contributed by atoms with Crippen LogP contribution in [0, 0.1) is 27.7 Å². The highest BCUT2D eigenvalue weighted by molar-refractivity contribution is 5.85. The molecule has 0 amide bonds. The molecule has 3 rings (SSSR count). The first kappa shape index (κ1) is 19.7. The minimum atomic E-state index is 0. The Morgan fingerprint density at radius 1 is 0.808 bits per heavy atom. The maximum Gasteiger partial charge on any atom is 0.229 e. The Balaban J connectivity index is 0.00000243. The van der Waals surface area contributed by atoms with Crippen LogP contribution in [0.5, 0.6) is 0 Å². The van der Waals surface area contributed by atoms with Crippen molar-refractivity contribution in [1.82, 2.24) is 9.97 Å². The third-order valence-corrected chi connectivity index (χ3v) is 4.55. The molecule has 1 N–H and O–H groups in total. The number of aromatic nitrogens is 2. The Labute approximate surface area is 161 Å². The summed E-state index contributed by atoms with van der Waals surface area (Å²) >= 11 is 0. The number of nitrogens with zero attached hydrogens (tertiary/aromatic N) is 3. The molecule has 3 aromatic rings. The molecule has 0 bridgehead atoms. The van der Waals surface area contributed by atoms with Crippen LogP contribution in [0.1, 0.15) is 22.4 Å². The molecule has 1 aromatic heterocycles. The molecule has 0 saturated carbocycles. The molecular formula is C21H25ClN4. The normalized spacial score (nSPS) is 10.2. The smallest absolute Gasteiger partial charge is 0.229 e. The zero-order chi connectivity index (χ0) is 18.0. The van der Waals surface area contributed by atoms with E-state index in [1.165, 1.54) is 5.56 Å². The van der Waals surface area contributed by atoms with Gasteiger partial charge in [-0.25, -0.2) is 4.98 Å². The van der Waals surface area contributed by atoms with E-state index in [0.29, 0.717) is 5.95 Å². The number of benzene rings is 2. The summed E-state index contributed by atoms with van der Waals surface area (Å²) in [5, 5.41) is 3.35. The highest BCUT2D eigenvalue weighted by Crippen LogP contribution is 2.30. The molecule has 0 spiro atoms. The fourth-order valence-corrected chi connectivity index (χ4v) is 2.88. The van der Waals surface area contributed by atoms with Crippen molar-refractivity contribution >= 4 is 35.5 Å². The molecule has 0 aliphatic heterocycles. The van der Waals surface area contributed by atoms with Gasteiger partial charge in [-0.1, -0.05) is 36.4 Å². The van der Waals surface area contributed by atoms with Crippen LogP contribution in [0.25, 0.3) is 0 Å². The van der Waals surface area contributed by atoms with Crippen LogP contribution < -0.4 is 10.2 Å². The molecule has 0 atom stereocenters. The molecule has 26 heavy (non-hydrogen) atoms. The van der Waals surface area contributed by atoms with E-state index in [1.807, 2.05) is 25.1 Å². The zero-order valence-electron chi connectivity index (χ0n) is 15.9. The van der Waals surface area contributed by atoms with Gasteiger partial charge in [0.2, 0.25) is 5.95 Å². The number of halogens is 1. The van der Waals surface area contributed by atoms with Crippen LogP contribution in [0.2, 0.25) is 0 Å². The van der Waals surface area contributed by atoms with E-state index in [-0.39, 0.29) is 12.4 Å². The third-order valence-electron chi connectivity index (χ3n) is 4.55. The van der Waals surface area contributed by atoms with Crippen LogP contribution >= 0.6 is 12.4 Å². The fraction of sp³-hybridized carbons (Fsp3) is 0.238. The molecular weight excluding hydrogens is 344 g/mol. The lowest BCUT2D eigenvalue weighted by Crippen LogP contribution is -2.16. The molecule has 0 unspecified atom stereocenters. The summed E-state index contributed by atoms with van der Waals surface area (Å²) in [6.07, 6.45) is 0. The third kappa shape index (κ3) is 3.97. The fourth-order valence-electron chi connectivity index (χ4n) is 2.88. The molecule has 4 nitrogen and oxygen atoms in total. The summed E-state index contributed by atoms with van der Waals surface area (Å²) in [4.78, 5) is 11.5. The van der Waals surface area contributed by atoms with Crippen molar-refractivity contribution in [3.63, 3.8) is 0 Å². The SMILES string of the molecule is Cc1ccccc1Nc1nc(C)c(C)c(N(C)c2ccccc2C)n1.Cl. The second-order valence-corrected chi connectivity index (χ2v) is 6.37. The average molecular weight is 369 g/mol. The van der Waals surface area contributed by atoms with Crippen LogP contribution in [0.4, 0.5) is 23.1 Å². The van der Waals surface area contributed by atoms with Gasteiger partial charge in [-0.15, -0.1) is 12.4 Å². The van der Waals surface area contributed by atoms with Gasteiger partial charge < -0.3 is 10.2 Å². The van der Waals surface area contributed by atoms with Crippen molar-refractivity contribution in [1.29, 1.82) is 0 Å². The highest BCUT2D eigenvalue weighted by atomic mass is 35.5. The van der Waals surface area contributed by atoms with E-state index >= 15 is 0 Å². The van der Waals surface area contributed by atoms with E-state index in [0.717, 1.165) is 34.0 Å². The van der Waals surface area contributed by atoms with Crippen molar-refractivity contribution in [2.75, 3.05) is 17.3 Å². The monoisotopic (exact) mass is 368 g/mol. The lowest BCUT2D eigenvalue weighted by molar-refractivity contribution is 1.02. The number of anilines is 4. The minimum Gasteiger partial charge on any atom is -0.329 e. The zero-order valence-corrected chi connectivity index (χ0v) is 16.7. The summed E-state index contributed by atoms with van der Waals surface area (Å²) in [6.45, 7) is 8.28. The molecule has 0 saturated heterocycles. The molecule has 2 aromatic carbocycles. The number of hydrogen-bond donors (Lipinski definition) is 1. The lowest BCUT2D eigenvalue weighted by atomic mass is 10.1. The van der Waals surface area contributed by atoms with Crippen molar-refractivity contribution in [2.24, 2.45) is 0 Å². The van der Waals surface area contributed by atoms with Crippen molar-refractivity contribution in [2.45, 2.75) is 27.7 Å². The van der Waals surface area contributed by atoms with Crippen LogP contribution in [-0.2, 0) is 0 Å². The number of nitrogens with one attached hydrogen (secondary N) is 1. The standard InChI is InChI=1S/C21H24N4.ClH/c1-14-10-6-8-12-18(14)23-21-22-17(4)16(3)20(24-21)25(5)19-13-9-7-11-15(19)2;/h6-13H,1-5H3,(H,22,23,24);1H. The first-order valence-corrected chi connectivity index (χ1v) is 8.44. The Bertz CT molecular complexity index is 908. The predicted octanol–water partition coefficient (Wildman–Crippen LogP) is 5.64. The number of para-hydroxylation sites is 2. The van der Waals surface area contributed by atoms with Crippen molar-refractivity contribution in [3.8, 4) is 0 Å². The quantitative estimate of drug-likeness (QED) is 0.646. The summed E-state index contributed by atoms with van der Waals surface area (Å²) < 4.78 is 0. The van der Waals surface area contributed by atoms with Gasteiger partial charge in [0.05, 0.1) is 0 Å². The first-order valence-electron chi connectivity index (χ1n) is 8.44. The summed E-state index contributed by atoms with van der Waals surface area (Å²) in [5.74, 6) is 1.53. The summed E-state index contributed by atoms with van der Waals surface area (Å²) in [5.41, 5.74) is 6.61. The van der Waals surface area contributed by atoms with Gasteiger partial charge in [-0.05, 0) is 51.0 Å². The molecule has 136 valence electrons. The van der Waals surface area contributed by atoms with Gasteiger partial charge in [0.1, 0.15) is 5.82 Å². The summed E-state index contributed by atoms with van der Waals surface area (Å²) in [6, 6.07) is 16.5. The Hall–Kier alpha value is -2.59. The van der Waals surface area contributed by atoms with Gasteiger partial charge in [-0.3, -0.25) is 0 Å². The largest absolute Gasteiger partial charge is 0.329 e. The van der Waals surface area contributed by atoms with Crippen LogP contribution in [-0.4, -0.2) is 17.0 Å². The predicted molar refractivity (Wildman–Crippen MR) is 112 cm³/mol. The number of rotatable bonds is 4. The topological polar surface area (TPSA) is 41.1 Å².